The molecule has 8 heteroatoms. The number of halogens is 1. The van der Waals surface area contributed by atoms with E-state index in [4.69, 9.17) is 4.74 Å². The Morgan fingerprint density at radius 3 is 2.17 bits per heavy atom. The highest BCUT2D eigenvalue weighted by atomic mass is 19.1. The van der Waals surface area contributed by atoms with Crippen LogP contribution >= 0.6 is 0 Å². The van der Waals surface area contributed by atoms with Crippen molar-refractivity contribution in [2.24, 2.45) is 0 Å². The number of aryl methyl sites for hydroxylation is 1. The molecule has 1 aliphatic heterocycles. The molecule has 7 nitrogen and oxygen atoms in total. The first-order chi connectivity index (χ1) is 17.6. The summed E-state index contributed by atoms with van der Waals surface area (Å²) in [6, 6.07) is 19.2. The van der Waals surface area contributed by atoms with Crippen molar-refractivity contribution in [2.75, 3.05) is 43.1 Å². The first-order valence-electron chi connectivity index (χ1n) is 12.2. The third-order valence-corrected chi connectivity index (χ3v) is 6.68. The number of benzene rings is 2. The summed E-state index contributed by atoms with van der Waals surface area (Å²) in [5.74, 6) is 0.280. The second kappa shape index (κ2) is 10.3. The third kappa shape index (κ3) is 4.84. The van der Waals surface area contributed by atoms with Gasteiger partial charge in [0.1, 0.15) is 22.9 Å². The van der Waals surface area contributed by atoms with Gasteiger partial charge in [-0.2, -0.15) is 0 Å². The number of hydrogen-bond donors (Lipinski definition) is 1. The zero-order chi connectivity index (χ0) is 25.1. The van der Waals surface area contributed by atoms with Gasteiger partial charge in [-0.15, -0.1) is 0 Å². The van der Waals surface area contributed by atoms with Gasteiger partial charge in [-0.25, -0.2) is 9.37 Å². The molecule has 186 valence electrons. The topological polar surface area (TPSA) is 62.1 Å². The molecule has 0 radical (unpaired) electrons. The van der Waals surface area contributed by atoms with Crippen molar-refractivity contribution < 1.29 is 13.9 Å². The van der Waals surface area contributed by atoms with E-state index >= 15 is 0 Å². The van der Waals surface area contributed by atoms with Crippen LogP contribution in [0, 0.1) is 5.82 Å². The lowest BCUT2D eigenvalue weighted by Gasteiger charge is -2.37. The van der Waals surface area contributed by atoms with E-state index in [0.717, 1.165) is 37.5 Å². The standard InChI is InChI=1S/C28H30FN5O2/c1-3-25-27(34-13-12-21(29)18-26(34)31-25)28(35)30-19-20-4-6-22(7-5-20)32-14-16-33(17-15-32)23-8-10-24(36-2)11-9-23/h4-13,18H,3,14-17,19H2,1-2H3,(H,30,35). The Kier molecular flexibility index (Phi) is 6.75. The van der Waals surface area contributed by atoms with Crippen LogP contribution in [0.2, 0.25) is 0 Å². The molecule has 1 aliphatic rings. The second-order valence-corrected chi connectivity index (χ2v) is 8.86. The minimum Gasteiger partial charge on any atom is -0.497 e. The maximum atomic E-state index is 13.6. The summed E-state index contributed by atoms with van der Waals surface area (Å²) >= 11 is 0. The molecule has 2 aromatic carbocycles. The number of pyridine rings is 1. The number of carbonyl (C=O) groups excluding carboxylic acids is 1. The van der Waals surface area contributed by atoms with Gasteiger partial charge in [0.15, 0.2) is 0 Å². The molecular formula is C28H30FN5O2. The quantitative estimate of drug-likeness (QED) is 0.421. The van der Waals surface area contributed by atoms with Crippen LogP contribution in [0.25, 0.3) is 5.65 Å². The number of imidazole rings is 1. The molecular weight excluding hydrogens is 457 g/mol. The molecule has 0 spiro atoms. The molecule has 1 amide bonds. The van der Waals surface area contributed by atoms with E-state index < -0.39 is 0 Å². The summed E-state index contributed by atoms with van der Waals surface area (Å²) in [4.78, 5) is 22.2. The van der Waals surface area contributed by atoms with E-state index in [1.165, 1.54) is 23.5 Å². The van der Waals surface area contributed by atoms with Gasteiger partial charge in [0.25, 0.3) is 5.91 Å². The number of carbonyl (C=O) groups is 1. The fraction of sp³-hybridized carbons (Fsp3) is 0.286. The predicted octanol–water partition coefficient (Wildman–Crippen LogP) is 4.30. The Morgan fingerprint density at radius 2 is 1.58 bits per heavy atom. The molecule has 36 heavy (non-hydrogen) atoms. The lowest BCUT2D eigenvalue weighted by molar-refractivity contribution is 0.0944. The largest absolute Gasteiger partial charge is 0.497 e. The number of rotatable bonds is 7. The summed E-state index contributed by atoms with van der Waals surface area (Å²) < 4.78 is 20.5. The Hall–Kier alpha value is -4.07. The first kappa shape index (κ1) is 23.7. The number of fused-ring (bicyclic) bond motifs is 1. The van der Waals surface area contributed by atoms with Crippen LogP contribution in [-0.4, -0.2) is 48.6 Å². The maximum Gasteiger partial charge on any atom is 0.270 e. The zero-order valence-electron chi connectivity index (χ0n) is 20.6. The van der Waals surface area contributed by atoms with Gasteiger partial charge < -0.3 is 19.9 Å². The molecule has 5 rings (SSSR count). The average molecular weight is 488 g/mol. The Balaban J connectivity index is 1.18. The SMILES string of the molecule is CCc1nc2cc(F)ccn2c1C(=O)NCc1ccc(N2CCN(c3ccc(OC)cc3)CC2)cc1. The van der Waals surface area contributed by atoms with E-state index in [1.807, 2.05) is 19.1 Å². The van der Waals surface area contributed by atoms with Gasteiger partial charge in [0.05, 0.1) is 12.8 Å². The number of aromatic nitrogens is 2. The van der Waals surface area contributed by atoms with Gasteiger partial charge in [-0.3, -0.25) is 9.20 Å². The number of anilines is 2. The molecule has 0 atom stereocenters. The van der Waals surface area contributed by atoms with Crippen LogP contribution in [0.5, 0.6) is 5.75 Å². The summed E-state index contributed by atoms with van der Waals surface area (Å²) in [7, 11) is 1.68. The molecule has 1 saturated heterocycles. The monoisotopic (exact) mass is 487 g/mol. The van der Waals surface area contributed by atoms with Crippen LogP contribution in [0.4, 0.5) is 15.8 Å². The molecule has 0 aliphatic carbocycles. The van der Waals surface area contributed by atoms with Crippen molar-refractivity contribution in [3.8, 4) is 5.75 Å². The van der Waals surface area contributed by atoms with Crippen molar-refractivity contribution in [3.63, 3.8) is 0 Å². The second-order valence-electron chi connectivity index (χ2n) is 8.86. The maximum absolute atomic E-state index is 13.6. The van der Waals surface area contributed by atoms with Gasteiger partial charge in [-0.1, -0.05) is 19.1 Å². The Bertz CT molecular complexity index is 1340. The van der Waals surface area contributed by atoms with Crippen molar-refractivity contribution in [3.05, 3.63) is 89.6 Å². The molecule has 0 unspecified atom stereocenters. The van der Waals surface area contributed by atoms with Gasteiger partial charge in [0.2, 0.25) is 0 Å². The minimum absolute atomic E-state index is 0.218. The van der Waals surface area contributed by atoms with Crippen molar-refractivity contribution in [2.45, 2.75) is 19.9 Å². The third-order valence-electron chi connectivity index (χ3n) is 6.68. The summed E-state index contributed by atoms with van der Waals surface area (Å²) in [6.07, 6.45) is 2.14. The normalized spacial score (nSPS) is 13.8. The fourth-order valence-corrected chi connectivity index (χ4v) is 4.66. The summed E-state index contributed by atoms with van der Waals surface area (Å²) in [5.41, 5.74) is 4.96. The number of nitrogens with one attached hydrogen (secondary N) is 1. The molecule has 2 aromatic heterocycles. The smallest absolute Gasteiger partial charge is 0.270 e. The zero-order valence-corrected chi connectivity index (χ0v) is 20.6. The van der Waals surface area contributed by atoms with Crippen molar-refractivity contribution >= 4 is 22.9 Å². The summed E-state index contributed by atoms with van der Waals surface area (Å²) in [6.45, 7) is 6.13. The highest BCUT2D eigenvalue weighted by Crippen LogP contribution is 2.23. The van der Waals surface area contributed by atoms with E-state index in [2.05, 4.69) is 56.5 Å². The highest BCUT2D eigenvalue weighted by molar-refractivity contribution is 5.94. The molecule has 0 bridgehead atoms. The van der Waals surface area contributed by atoms with Crippen LogP contribution in [0.3, 0.4) is 0 Å². The minimum atomic E-state index is -0.371. The molecule has 3 heterocycles. The van der Waals surface area contributed by atoms with Crippen LogP contribution in [0.1, 0.15) is 28.7 Å². The van der Waals surface area contributed by atoms with Crippen LogP contribution in [-0.2, 0) is 13.0 Å². The predicted molar refractivity (Wildman–Crippen MR) is 140 cm³/mol. The molecule has 1 fully saturated rings. The first-order valence-corrected chi connectivity index (χ1v) is 12.2. The fourth-order valence-electron chi connectivity index (χ4n) is 4.66. The number of piperazine rings is 1. The van der Waals surface area contributed by atoms with E-state index in [1.54, 1.807) is 17.7 Å². The lowest BCUT2D eigenvalue weighted by Crippen LogP contribution is -2.46. The van der Waals surface area contributed by atoms with Crippen molar-refractivity contribution in [1.82, 2.24) is 14.7 Å². The van der Waals surface area contributed by atoms with Gasteiger partial charge in [0, 0.05) is 56.4 Å². The van der Waals surface area contributed by atoms with Crippen LogP contribution in [0.15, 0.2) is 66.9 Å². The number of ether oxygens (including phenoxy) is 1. The van der Waals surface area contributed by atoms with Crippen molar-refractivity contribution in [1.29, 1.82) is 0 Å². The number of nitrogens with zero attached hydrogens (tertiary/aromatic N) is 4. The average Bonchev–Trinajstić information content (AvgIpc) is 3.30. The lowest BCUT2D eigenvalue weighted by atomic mass is 10.1. The van der Waals surface area contributed by atoms with Gasteiger partial charge in [-0.05, 0) is 54.4 Å². The molecule has 4 aromatic rings. The number of amides is 1. The number of hydrogen-bond acceptors (Lipinski definition) is 5. The van der Waals surface area contributed by atoms with Crippen LogP contribution < -0.4 is 19.9 Å². The summed E-state index contributed by atoms with van der Waals surface area (Å²) in [5, 5.41) is 2.99. The molecule has 0 saturated carbocycles. The number of methoxy groups -OCH3 is 1. The van der Waals surface area contributed by atoms with E-state index in [9.17, 15) is 9.18 Å². The van der Waals surface area contributed by atoms with E-state index in [0.29, 0.717) is 30.0 Å². The Morgan fingerprint density at radius 1 is 0.972 bits per heavy atom. The highest BCUT2D eigenvalue weighted by Gasteiger charge is 2.19. The molecule has 1 N–H and O–H groups in total. The van der Waals surface area contributed by atoms with E-state index in [-0.39, 0.29) is 11.7 Å². The van der Waals surface area contributed by atoms with Gasteiger partial charge >= 0.3 is 0 Å². The Labute approximate surface area is 210 Å².